The first-order chi connectivity index (χ1) is 8.68. The summed E-state index contributed by atoms with van der Waals surface area (Å²) >= 11 is 0. The molecule has 0 spiro atoms. The minimum absolute atomic E-state index is 0.00281. The number of aryl methyl sites for hydroxylation is 1. The molecule has 0 amide bonds. The molecule has 2 aromatic heterocycles. The van der Waals surface area contributed by atoms with E-state index in [2.05, 4.69) is 10.4 Å². The molecule has 0 bridgehead atoms. The lowest BCUT2D eigenvalue weighted by molar-refractivity contribution is 0.0660. The van der Waals surface area contributed by atoms with E-state index in [1.54, 1.807) is 12.3 Å². The van der Waals surface area contributed by atoms with Gasteiger partial charge >= 0.3 is 5.97 Å². The number of nitrogens with one attached hydrogen (secondary N) is 1. The Morgan fingerprint density at radius 3 is 3.06 bits per heavy atom. The van der Waals surface area contributed by atoms with Gasteiger partial charge in [0.2, 0.25) is 5.76 Å². The second-order valence-electron chi connectivity index (χ2n) is 3.95. The summed E-state index contributed by atoms with van der Waals surface area (Å²) in [5.74, 6) is -1.04. The number of aromatic carboxylic acids is 1. The monoisotopic (exact) mass is 249 g/mol. The van der Waals surface area contributed by atoms with Crippen LogP contribution in [0.1, 0.15) is 21.8 Å². The first kappa shape index (κ1) is 12.4. The van der Waals surface area contributed by atoms with Gasteiger partial charge in [-0.3, -0.25) is 4.68 Å². The first-order valence-corrected chi connectivity index (χ1v) is 5.65. The maximum absolute atomic E-state index is 10.8. The average molecular weight is 249 g/mol. The number of aromatic nitrogens is 2. The third kappa shape index (κ3) is 2.78. The maximum Gasteiger partial charge on any atom is 0.372 e. The second-order valence-corrected chi connectivity index (χ2v) is 3.95. The minimum Gasteiger partial charge on any atom is -0.475 e. The van der Waals surface area contributed by atoms with Gasteiger partial charge in [0.15, 0.2) is 0 Å². The maximum atomic E-state index is 10.8. The molecule has 0 atom stereocenters. The number of nitrogens with zero attached hydrogens (tertiary/aromatic N) is 2. The zero-order chi connectivity index (χ0) is 13.0. The molecule has 0 aliphatic heterocycles. The number of rotatable bonds is 6. The van der Waals surface area contributed by atoms with Crippen molar-refractivity contribution in [3.63, 3.8) is 0 Å². The van der Waals surface area contributed by atoms with Crippen LogP contribution in [0.2, 0.25) is 0 Å². The number of carboxylic acid groups (broad SMARTS) is 1. The highest BCUT2D eigenvalue weighted by Crippen LogP contribution is 2.09. The smallest absolute Gasteiger partial charge is 0.372 e. The topological polar surface area (TPSA) is 80.3 Å². The Balaban J connectivity index is 1.80. The molecular weight excluding hydrogens is 234 g/mol. The predicted octanol–water partition coefficient (Wildman–Crippen LogP) is 1.04. The Morgan fingerprint density at radius 2 is 2.39 bits per heavy atom. The number of hydrogen-bond acceptors (Lipinski definition) is 4. The van der Waals surface area contributed by atoms with Crippen molar-refractivity contribution in [2.45, 2.75) is 13.0 Å². The van der Waals surface area contributed by atoms with Gasteiger partial charge in [-0.1, -0.05) is 0 Å². The van der Waals surface area contributed by atoms with Gasteiger partial charge in [0.1, 0.15) is 0 Å². The predicted molar refractivity (Wildman–Crippen MR) is 64.3 cm³/mol. The number of furan rings is 1. The molecule has 0 radical (unpaired) electrons. The number of carboxylic acids is 1. The SMILES string of the molecule is Cn1nccc1CCNCc1ccoc1C(=O)O. The van der Waals surface area contributed by atoms with Crippen molar-refractivity contribution in [1.82, 2.24) is 15.1 Å². The van der Waals surface area contributed by atoms with Gasteiger partial charge in [-0.05, 0) is 12.1 Å². The van der Waals surface area contributed by atoms with E-state index in [9.17, 15) is 4.79 Å². The third-order valence-electron chi connectivity index (χ3n) is 2.74. The molecule has 0 aromatic carbocycles. The fraction of sp³-hybridized carbons (Fsp3) is 0.333. The fourth-order valence-corrected chi connectivity index (χ4v) is 1.75. The molecular formula is C12H15N3O3. The van der Waals surface area contributed by atoms with Crippen LogP contribution in [0.3, 0.4) is 0 Å². The highest BCUT2D eigenvalue weighted by Gasteiger charge is 2.12. The molecule has 2 aromatic rings. The van der Waals surface area contributed by atoms with Crippen molar-refractivity contribution in [1.29, 1.82) is 0 Å². The van der Waals surface area contributed by atoms with Crippen LogP contribution < -0.4 is 5.32 Å². The Hall–Kier alpha value is -2.08. The molecule has 2 heterocycles. The Bertz CT molecular complexity index is 530. The van der Waals surface area contributed by atoms with E-state index in [-0.39, 0.29) is 5.76 Å². The zero-order valence-corrected chi connectivity index (χ0v) is 10.1. The molecule has 96 valence electrons. The van der Waals surface area contributed by atoms with Crippen molar-refractivity contribution in [3.8, 4) is 0 Å². The summed E-state index contributed by atoms with van der Waals surface area (Å²) in [5, 5.41) is 16.1. The summed E-state index contributed by atoms with van der Waals surface area (Å²) in [5.41, 5.74) is 1.79. The van der Waals surface area contributed by atoms with E-state index >= 15 is 0 Å². The largest absolute Gasteiger partial charge is 0.475 e. The van der Waals surface area contributed by atoms with Gasteiger partial charge in [-0.2, -0.15) is 5.10 Å². The van der Waals surface area contributed by atoms with Gasteiger partial charge in [0, 0.05) is 44.0 Å². The van der Waals surface area contributed by atoms with E-state index in [1.807, 2.05) is 17.8 Å². The van der Waals surface area contributed by atoms with E-state index in [4.69, 9.17) is 9.52 Å². The molecule has 6 nitrogen and oxygen atoms in total. The first-order valence-electron chi connectivity index (χ1n) is 5.65. The Labute approximate surface area is 104 Å². The zero-order valence-electron chi connectivity index (χ0n) is 10.1. The van der Waals surface area contributed by atoms with E-state index in [1.165, 1.54) is 6.26 Å². The number of hydrogen-bond donors (Lipinski definition) is 2. The van der Waals surface area contributed by atoms with Gasteiger partial charge in [-0.15, -0.1) is 0 Å². The Morgan fingerprint density at radius 1 is 1.56 bits per heavy atom. The standard InChI is InChI=1S/C12H15N3O3/c1-15-10(3-6-14-15)2-5-13-8-9-4-7-18-11(9)12(16)17/h3-4,6-7,13H,2,5,8H2,1H3,(H,16,17). The summed E-state index contributed by atoms with van der Waals surface area (Å²) in [6.07, 6.45) is 3.99. The molecule has 0 saturated heterocycles. The van der Waals surface area contributed by atoms with Crippen LogP contribution in [-0.4, -0.2) is 27.4 Å². The highest BCUT2D eigenvalue weighted by atomic mass is 16.4. The fourth-order valence-electron chi connectivity index (χ4n) is 1.75. The van der Waals surface area contributed by atoms with E-state index in [0.717, 1.165) is 18.7 Å². The summed E-state index contributed by atoms with van der Waals surface area (Å²) in [4.78, 5) is 10.8. The summed E-state index contributed by atoms with van der Waals surface area (Å²) in [6, 6.07) is 3.63. The van der Waals surface area contributed by atoms with Crippen LogP contribution in [0.25, 0.3) is 0 Å². The van der Waals surface area contributed by atoms with Crippen LogP contribution in [0.5, 0.6) is 0 Å². The average Bonchev–Trinajstić information content (AvgIpc) is 2.94. The van der Waals surface area contributed by atoms with Crippen molar-refractivity contribution in [3.05, 3.63) is 41.6 Å². The minimum atomic E-state index is -1.04. The lowest BCUT2D eigenvalue weighted by Gasteiger charge is -2.04. The van der Waals surface area contributed by atoms with Crippen LogP contribution in [0.15, 0.2) is 29.0 Å². The van der Waals surface area contributed by atoms with Crippen LogP contribution in [-0.2, 0) is 20.0 Å². The molecule has 0 aliphatic rings. The van der Waals surface area contributed by atoms with Crippen LogP contribution >= 0.6 is 0 Å². The van der Waals surface area contributed by atoms with Gasteiger partial charge in [0.05, 0.1) is 6.26 Å². The van der Waals surface area contributed by atoms with Crippen LogP contribution in [0, 0.1) is 0 Å². The molecule has 0 unspecified atom stereocenters. The lowest BCUT2D eigenvalue weighted by atomic mass is 10.2. The van der Waals surface area contributed by atoms with Crippen LogP contribution in [0.4, 0.5) is 0 Å². The molecule has 18 heavy (non-hydrogen) atoms. The van der Waals surface area contributed by atoms with Crippen molar-refractivity contribution in [2.24, 2.45) is 7.05 Å². The van der Waals surface area contributed by atoms with Gasteiger partial charge < -0.3 is 14.8 Å². The third-order valence-corrected chi connectivity index (χ3v) is 2.74. The summed E-state index contributed by atoms with van der Waals surface area (Å²) in [6.45, 7) is 1.24. The Kier molecular flexibility index (Phi) is 3.78. The quantitative estimate of drug-likeness (QED) is 0.748. The molecule has 2 rings (SSSR count). The van der Waals surface area contributed by atoms with Crippen molar-refractivity contribution < 1.29 is 14.3 Å². The number of carbonyl (C=O) groups is 1. The molecule has 0 fully saturated rings. The second kappa shape index (κ2) is 5.50. The van der Waals surface area contributed by atoms with Crippen molar-refractivity contribution in [2.75, 3.05) is 6.54 Å². The summed E-state index contributed by atoms with van der Waals surface area (Å²) < 4.78 is 6.72. The van der Waals surface area contributed by atoms with E-state index in [0.29, 0.717) is 12.1 Å². The molecule has 0 aliphatic carbocycles. The van der Waals surface area contributed by atoms with Gasteiger partial charge in [0.25, 0.3) is 0 Å². The summed E-state index contributed by atoms with van der Waals surface area (Å²) in [7, 11) is 1.90. The van der Waals surface area contributed by atoms with Crippen molar-refractivity contribution >= 4 is 5.97 Å². The molecule has 2 N–H and O–H groups in total. The normalized spacial score (nSPS) is 10.7. The van der Waals surface area contributed by atoms with E-state index < -0.39 is 5.97 Å². The molecule has 0 saturated carbocycles. The highest BCUT2D eigenvalue weighted by molar-refractivity contribution is 5.86. The lowest BCUT2D eigenvalue weighted by Crippen LogP contribution is -2.18. The molecule has 6 heteroatoms. The van der Waals surface area contributed by atoms with Gasteiger partial charge in [-0.25, -0.2) is 4.79 Å².